The van der Waals surface area contributed by atoms with E-state index in [1.165, 1.54) is 13.4 Å². The highest BCUT2D eigenvalue weighted by Crippen LogP contribution is 2.37. The largest absolute Gasteiger partial charge is 0.421 e. The number of anilines is 2. The van der Waals surface area contributed by atoms with E-state index >= 15 is 0 Å². The van der Waals surface area contributed by atoms with Gasteiger partial charge in [0.2, 0.25) is 11.8 Å². The lowest BCUT2D eigenvalue weighted by atomic mass is 10.00. The number of hydrogen-bond acceptors (Lipinski definition) is 8. The van der Waals surface area contributed by atoms with E-state index in [2.05, 4.69) is 30.4 Å². The number of amides is 1. The van der Waals surface area contributed by atoms with E-state index in [-0.39, 0.29) is 17.4 Å². The molecule has 0 fully saturated rings. The molecule has 3 heterocycles. The SMILES string of the molecule is CCc1nnc(-c2cn3ncnc(Nc4cc(C(=O)NOC)c(F)cc4F)c3c2C(C)C)o1. The molecule has 33 heavy (non-hydrogen) atoms. The van der Waals surface area contributed by atoms with Gasteiger partial charge in [0.25, 0.3) is 5.91 Å². The van der Waals surface area contributed by atoms with Crippen LogP contribution in [0.2, 0.25) is 0 Å². The minimum atomic E-state index is -1.03. The molecule has 0 aliphatic rings. The molecule has 0 bridgehead atoms. The average molecular weight is 457 g/mol. The lowest BCUT2D eigenvalue weighted by molar-refractivity contribution is 0.0533. The molecule has 10 nitrogen and oxygen atoms in total. The fourth-order valence-electron chi connectivity index (χ4n) is 3.48. The van der Waals surface area contributed by atoms with Crippen LogP contribution < -0.4 is 10.8 Å². The van der Waals surface area contributed by atoms with Gasteiger partial charge < -0.3 is 9.73 Å². The predicted octanol–water partition coefficient (Wildman–Crippen LogP) is 3.78. The number of halogens is 2. The summed E-state index contributed by atoms with van der Waals surface area (Å²) in [6.07, 6.45) is 3.60. The van der Waals surface area contributed by atoms with E-state index in [0.717, 1.165) is 11.6 Å². The molecule has 1 amide bonds. The molecule has 172 valence electrons. The van der Waals surface area contributed by atoms with E-state index in [0.29, 0.717) is 35.3 Å². The molecule has 0 aliphatic carbocycles. The van der Waals surface area contributed by atoms with E-state index in [4.69, 9.17) is 4.42 Å². The fraction of sp³-hybridized carbons (Fsp3) is 0.286. The number of benzene rings is 1. The molecule has 0 saturated heterocycles. The Bertz CT molecular complexity index is 1330. The van der Waals surface area contributed by atoms with Crippen LogP contribution in [0.1, 0.15) is 48.5 Å². The first-order valence-corrected chi connectivity index (χ1v) is 10.1. The number of fused-ring (bicyclic) bond motifs is 1. The number of nitrogens with one attached hydrogen (secondary N) is 2. The molecular weight excluding hydrogens is 436 g/mol. The van der Waals surface area contributed by atoms with Crippen molar-refractivity contribution in [1.29, 1.82) is 0 Å². The smallest absolute Gasteiger partial charge is 0.277 e. The van der Waals surface area contributed by atoms with Crippen LogP contribution in [0.15, 0.2) is 29.1 Å². The highest BCUT2D eigenvalue weighted by Gasteiger charge is 2.24. The van der Waals surface area contributed by atoms with Crippen molar-refractivity contribution in [2.75, 3.05) is 12.4 Å². The van der Waals surface area contributed by atoms with Crippen LogP contribution in [-0.4, -0.2) is 37.8 Å². The second-order valence-electron chi connectivity index (χ2n) is 7.44. The summed E-state index contributed by atoms with van der Waals surface area (Å²) in [5, 5.41) is 15.3. The first-order valence-electron chi connectivity index (χ1n) is 10.1. The zero-order valence-corrected chi connectivity index (χ0v) is 18.3. The summed E-state index contributed by atoms with van der Waals surface area (Å²) in [7, 11) is 1.21. The first-order chi connectivity index (χ1) is 15.8. The predicted molar refractivity (Wildman–Crippen MR) is 114 cm³/mol. The molecule has 0 unspecified atom stereocenters. The van der Waals surface area contributed by atoms with Crippen LogP contribution in [0.3, 0.4) is 0 Å². The Hall–Kier alpha value is -3.93. The third kappa shape index (κ3) is 4.12. The summed E-state index contributed by atoms with van der Waals surface area (Å²) >= 11 is 0. The number of nitrogens with zero attached hydrogens (tertiary/aromatic N) is 5. The molecule has 0 aliphatic heterocycles. The molecule has 0 saturated carbocycles. The van der Waals surface area contributed by atoms with E-state index in [1.807, 2.05) is 26.3 Å². The molecule has 4 rings (SSSR count). The molecule has 1 aromatic carbocycles. The Morgan fingerprint density at radius 3 is 2.70 bits per heavy atom. The molecular formula is C21H21F2N7O3. The van der Waals surface area contributed by atoms with Gasteiger partial charge in [0.05, 0.1) is 23.9 Å². The molecule has 0 radical (unpaired) electrons. The van der Waals surface area contributed by atoms with Crippen LogP contribution in [0.5, 0.6) is 0 Å². The highest BCUT2D eigenvalue weighted by molar-refractivity contribution is 5.95. The number of aromatic nitrogens is 5. The zero-order valence-electron chi connectivity index (χ0n) is 18.3. The Kier molecular flexibility index (Phi) is 6.01. The van der Waals surface area contributed by atoms with Crippen molar-refractivity contribution in [3.05, 3.63) is 53.3 Å². The Labute approximate surface area is 186 Å². The summed E-state index contributed by atoms with van der Waals surface area (Å²) in [4.78, 5) is 20.8. The lowest BCUT2D eigenvalue weighted by Crippen LogP contribution is -2.23. The molecule has 12 heteroatoms. The maximum atomic E-state index is 14.6. The van der Waals surface area contributed by atoms with Crippen molar-refractivity contribution >= 4 is 22.9 Å². The summed E-state index contributed by atoms with van der Waals surface area (Å²) < 4.78 is 36.0. The molecule has 0 atom stereocenters. The van der Waals surface area contributed by atoms with Crippen molar-refractivity contribution in [2.24, 2.45) is 0 Å². The average Bonchev–Trinajstić information content (AvgIpc) is 3.40. The number of rotatable bonds is 7. The van der Waals surface area contributed by atoms with Crippen molar-refractivity contribution < 1.29 is 22.8 Å². The summed E-state index contributed by atoms with van der Waals surface area (Å²) in [5.74, 6) is -1.74. The quantitative estimate of drug-likeness (QED) is 0.403. The minimum Gasteiger partial charge on any atom is -0.421 e. The van der Waals surface area contributed by atoms with E-state index in [1.54, 1.807) is 10.7 Å². The standard InChI is InChI=1S/C21H21F2N7O3/c1-5-16-27-28-21(33-16)12-8-30-18(17(12)10(2)3)19(24-9-25-30)26-15-6-11(20(31)29-32-4)13(22)7-14(15)23/h6-10H,5H2,1-4H3,(H,29,31)(H,24,25,26). The van der Waals surface area contributed by atoms with Gasteiger partial charge in [-0.05, 0) is 17.5 Å². The van der Waals surface area contributed by atoms with Gasteiger partial charge in [-0.3, -0.25) is 9.63 Å². The van der Waals surface area contributed by atoms with E-state index in [9.17, 15) is 13.6 Å². The normalized spacial score (nSPS) is 11.4. The molecule has 4 aromatic rings. The van der Waals surface area contributed by atoms with Crippen LogP contribution in [0.25, 0.3) is 17.0 Å². The monoisotopic (exact) mass is 457 g/mol. The van der Waals surface area contributed by atoms with Crippen molar-refractivity contribution in [3.8, 4) is 11.5 Å². The van der Waals surface area contributed by atoms with Crippen LogP contribution in [0, 0.1) is 11.6 Å². The summed E-state index contributed by atoms with van der Waals surface area (Å²) in [6.45, 7) is 5.85. The number of carbonyl (C=O) groups excluding carboxylic acids is 1. The van der Waals surface area contributed by atoms with Gasteiger partial charge in [-0.15, -0.1) is 10.2 Å². The van der Waals surface area contributed by atoms with Gasteiger partial charge in [-0.25, -0.2) is 23.8 Å². The topological polar surface area (TPSA) is 119 Å². The second-order valence-corrected chi connectivity index (χ2v) is 7.44. The number of hydroxylamine groups is 1. The number of carbonyl (C=O) groups is 1. The van der Waals surface area contributed by atoms with Gasteiger partial charge in [0.15, 0.2) is 5.82 Å². The third-order valence-corrected chi connectivity index (χ3v) is 4.94. The van der Waals surface area contributed by atoms with Crippen LogP contribution in [-0.2, 0) is 11.3 Å². The van der Waals surface area contributed by atoms with Crippen molar-refractivity contribution in [2.45, 2.75) is 33.1 Å². The van der Waals surface area contributed by atoms with Crippen LogP contribution >= 0.6 is 0 Å². The molecule has 3 aromatic heterocycles. The second kappa shape index (κ2) is 8.90. The van der Waals surface area contributed by atoms with Gasteiger partial charge in [0, 0.05) is 18.7 Å². The summed E-state index contributed by atoms with van der Waals surface area (Å²) in [5.41, 5.74) is 3.47. The fourth-order valence-corrected chi connectivity index (χ4v) is 3.48. The summed E-state index contributed by atoms with van der Waals surface area (Å²) in [6, 6.07) is 1.66. The third-order valence-electron chi connectivity index (χ3n) is 4.94. The highest BCUT2D eigenvalue weighted by atomic mass is 19.1. The lowest BCUT2D eigenvalue weighted by Gasteiger charge is -2.13. The Morgan fingerprint density at radius 1 is 1.24 bits per heavy atom. The molecule has 2 N–H and O–H groups in total. The molecule has 0 spiro atoms. The maximum absolute atomic E-state index is 14.6. The minimum absolute atomic E-state index is 0.0189. The van der Waals surface area contributed by atoms with Crippen LogP contribution in [0.4, 0.5) is 20.3 Å². The maximum Gasteiger partial charge on any atom is 0.277 e. The van der Waals surface area contributed by atoms with E-state index < -0.39 is 23.1 Å². The number of hydrogen-bond donors (Lipinski definition) is 2. The Balaban J connectivity index is 1.84. The van der Waals surface area contributed by atoms with Crippen molar-refractivity contribution in [1.82, 2.24) is 30.3 Å². The van der Waals surface area contributed by atoms with Gasteiger partial charge in [0.1, 0.15) is 23.5 Å². The Morgan fingerprint density at radius 2 is 2.03 bits per heavy atom. The van der Waals surface area contributed by atoms with Crippen molar-refractivity contribution in [3.63, 3.8) is 0 Å². The van der Waals surface area contributed by atoms with Gasteiger partial charge >= 0.3 is 0 Å². The van der Waals surface area contributed by atoms with Gasteiger partial charge in [-0.2, -0.15) is 5.10 Å². The van der Waals surface area contributed by atoms with Gasteiger partial charge in [-0.1, -0.05) is 20.8 Å². The number of aryl methyl sites for hydroxylation is 1. The zero-order chi connectivity index (χ0) is 23.7. The first kappa shape index (κ1) is 22.3.